The van der Waals surface area contributed by atoms with E-state index in [4.69, 9.17) is 10.00 Å². The fraction of sp³-hybridized carbons (Fsp3) is 0.375. The van der Waals surface area contributed by atoms with Crippen LogP contribution in [0.5, 0.6) is 5.88 Å². The van der Waals surface area contributed by atoms with Crippen LogP contribution in [-0.4, -0.2) is 11.2 Å². The van der Waals surface area contributed by atoms with E-state index in [-0.39, 0.29) is 0 Å². The molecular weight excluding hydrogens is 140 g/mol. The Kier molecular flexibility index (Phi) is 1.32. The lowest BCUT2D eigenvalue weighted by Gasteiger charge is -1.96. The van der Waals surface area contributed by atoms with Crippen molar-refractivity contribution in [3.63, 3.8) is 0 Å². The average molecular weight is 148 g/mol. The standard InChI is InChI=1S/C8H8N2O/c9-4-3-7-1-2-8-10(7)5-6-11-8/h1-2H,3,5-6H2. The predicted molar refractivity (Wildman–Crippen MR) is 39.2 cm³/mol. The van der Waals surface area contributed by atoms with E-state index in [9.17, 15) is 0 Å². The molecule has 1 aromatic heterocycles. The Hall–Kier alpha value is -1.43. The van der Waals surface area contributed by atoms with Gasteiger partial charge in [-0.2, -0.15) is 5.26 Å². The molecule has 2 heterocycles. The lowest BCUT2D eigenvalue weighted by Crippen LogP contribution is -1.97. The summed E-state index contributed by atoms with van der Waals surface area (Å²) in [5, 5.41) is 8.47. The fourth-order valence-electron chi connectivity index (χ4n) is 1.35. The van der Waals surface area contributed by atoms with Crippen LogP contribution in [0.2, 0.25) is 0 Å². The summed E-state index contributed by atoms with van der Waals surface area (Å²) in [6.45, 7) is 1.63. The molecule has 0 radical (unpaired) electrons. The molecule has 0 spiro atoms. The van der Waals surface area contributed by atoms with Crippen LogP contribution in [0.1, 0.15) is 5.69 Å². The number of hydrogen-bond donors (Lipinski definition) is 0. The molecule has 1 aliphatic heterocycles. The Balaban J connectivity index is 2.36. The van der Waals surface area contributed by atoms with E-state index in [2.05, 4.69) is 6.07 Å². The zero-order valence-corrected chi connectivity index (χ0v) is 6.08. The molecule has 0 bridgehead atoms. The van der Waals surface area contributed by atoms with E-state index in [0.29, 0.717) is 6.42 Å². The Morgan fingerprint density at radius 1 is 1.64 bits per heavy atom. The van der Waals surface area contributed by atoms with Gasteiger partial charge in [0.05, 0.1) is 19.0 Å². The summed E-state index contributed by atoms with van der Waals surface area (Å²) in [5.74, 6) is 0.898. The van der Waals surface area contributed by atoms with Gasteiger partial charge in [-0.1, -0.05) is 0 Å². The van der Waals surface area contributed by atoms with E-state index in [1.54, 1.807) is 0 Å². The number of rotatable bonds is 1. The Morgan fingerprint density at radius 2 is 2.55 bits per heavy atom. The average Bonchev–Trinajstić information content (AvgIpc) is 2.53. The maximum absolute atomic E-state index is 8.47. The van der Waals surface area contributed by atoms with Gasteiger partial charge in [0.1, 0.15) is 6.61 Å². The van der Waals surface area contributed by atoms with Crippen molar-refractivity contribution in [1.82, 2.24) is 4.57 Å². The Morgan fingerprint density at radius 3 is 3.36 bits per heavy atom. The topological polar surface area (TPSA) is 38.0 Å². The molecule has 3 heteroatoms. The maximum Gasteiger partial charge on any atom is 0.193 e. The molecule has 0 N–H and O–H groups in total. The van der Waals surface area contributed by atoms with Crippen molar-refractivity contribution in [3.8, 4) is 11.9 Å². The molecule has 1 aliphatic rings. The molecule has 0 saturated heterocycles. The van der Waals surface area contributed by atoms with Gasteiger partial charge in [-0.05, 0) is 6.07 Å². The molecule has 2 rings (SSSR count). The number of aromatic nitrogens is 1. The molecule has 0 unspecified atom stereocenters. The van der Waals surface area contributed by atoms with Crippen molar-refractivity contribution in [1.29, 1.82) is 5.26 Å². The molecule has 0 atom stereocenters. The number of fused-ring (bicyclic) bond motifs is 1. The molecule has 1 aromatic rings. The summed E-state index contributed by atoms with van der Waals surface area (Å²) in [6, 6.07) is 5.98. The molecule has 0 fully saturated rings. The van der Waals surface area contributed by atoms with Gasteiger partial charge in [-0.25, -0.2) is 0 Å². The second-order valence-electron chi connectivity index (χ2n) is 2.50. The highest BCUT2D eigenvalue weighted by atomic mass is 16.5. The van der Waals surface area contributed by atoms with E-state index in [1.807, 2.05) is 16.7 Å². The van der Waals surface area contributed by atoms with Crippen molar-refractivity contribution in [2.24, 2.45) is 0 Å². The van der Waals surface area contributed by atoms with Crippen LogP contribution in [0.25, 0.3) is 0 Å². The van der Waals surface area contributed by atoms with Crippen LogP contribution in [0.3, 0.4) is 0 Å². The zero-order valence-electron chi connectivity index (χ0n) is 6.08. The highest BCUT2D eigenvalue weighted by Crippen LogP contribution is 2.21. The number of nitrogens with zero attached hydrogens (tertiary/aromatic N) is 2. The first-order valence-corrected chi connectivity index (χ1v) is 3.60. The summed E-state index contributed by atoms with van der Waals surface area (Å²) < 4.78 is 7.32. The van der Waals surface area contributed by atoms with Gasteiger partial charge in [0, 0.05) is 11.8 Å². The van der Waals surface area contributed by atoms with E-state index < -0.39 is 0 Å². The molecule has 0 aromatic carbocycles. The summed E-state index contributed by atoms with van der Waals surface area (Å²) in [7, 11) is 0. The van der Waals surface area contributed by atoms with Crippen LogP contribution in [0.15, 0.2) is 12.1 Å². The summed E-state index contributed by atoms with van der Waals surface area (Å²) in [5.41, 5.74) is 1.06. The van der Waals surface area contributed by atoms with E-state index in [0.717, 1.165) is 24.7 Å². The Bertz CT molecular complexity index is 308. The largest absolute Gasteiger partial charge is 0.477 e. The summed E-state index contributed by atoms with van der Waals surface area (Å²) in [6.07, 6.45) is 0.476. The third kappa shape index (κ3) is 0.874. The minimum absolute atomic E-state index is 0.476. The number of hydrogen-bond acceptors (Lipinski definition) is 2. The lowest BCUT2D eigenvalue weighted by atomic mass is 10.3. The molecule has 0 aliphatic carbocycles. The van der Waals surface area contributed by atoms with Crippen molar-refractivity contribution in [2.75, 3.05) is 6.61 Å². The van der Waals surface area contributed by atoms with Gasteiger partial charge >= 0.3 is 0 Å². The van der Waals surface area contributed by atoms with Gasteiger partial charge in [-0.3, -0.25) is 0 Å². The highest BCUT2D eigenvalue weighted by molar-refractivity contribution is 5.25. The molecule has 11 heavy (non-hydrogen) atoms. The van der Waals surface area contributed by atoms with Gasteiger partial charge in [-0.15, -0.1) is 0 Å². The zero-order chi connectivity index (χ0) is 7.68. The van der Waals surface area contributed by atoms with Crippen molar-refractivity contribution in [2.45, 2.75) is 13.0 Å². The van der Waals surface area contributed by atoms with Crippen molar-refractivity contribution >= 4 is 0 Å². The van der Waals surface area contributed by atoms with Crippen LogP contribution in [0, 0.1) is 11.3 Å². The van der Waals surface area contributed by atoms with Crippen LogP contribution < -0.4 is 4.74 Å². The van der Waals surface area contributed by atoms with Crippen LogP contribution in [0.4, 0.5) is 0 Å². The summed E-state index contributed by atoms with van der Waals surface area (Å²) in [4.78, 5) is 0. The molecule has 0 amide bonds. The third-order valence-corrected chi connectivity index (χ3v) is 1.86. The molecule has 0 saturated carbocycles. The third-order valence-electron chi connectivity index (χ3n) is 1.86. The Labute approximate surface area is 64.8 Å². The number of nitriles is 1. The van der Waals surface area contributed by atoms with Gasteiger partial charge in [0.15, 0.2) is 5.88 Å². The minimum Gasteiger partial charge on any atom is -0.477 e. The monoisotopic (exact) mass is 148 g/mol. The normalized spacial score (nSPS) is 13.7. The van der Waals surface area contributed by atoms with Gasteiger partial charge < -0.3 is 9.30 Å². The van der Waals surface area contributed by atoms with Gasteiger partial charge in [0.2, 0.25) is 0 Å². The maximum atomic E-state index is 8.47. The van der Waals surface area contributed by atoms with Crippen molar-refractivity contribution < 1.29 is 4.74 Å². The second kappa shape index (κ2) is 2.31. The van der Waals surface area contributed by atoms with Crippen LogP contribution in [-0.2, 0) is 13.0 Å². The van der Waals surface area contributed by atoms with E-state index >= 15 is 0 Å². The fourth-order valence-corrected chi connectivity index (χ4v) is 1.35. The minimum atomic E-state index is 0.476. The lowest BCUT2D eigenvalue weighted by molar-refractivity contribution is 0.357. The summed E-state index contributed by atoms with van der Waals surface area (Å²) >= 11 is 0. The molecular formula is C8H8N2O. The second-order valence-corrected chi connectivity index (χ2v) is 2.50. The van der Waals surface area contributed by atoms with Gasteiger partial charge in [0.25, 0.3) is 0 Å². The molecule has 3 nitrogen and oxygen atoms in total. The smallest absolute Gasteiger partial charge is 0.193 e. The first-order chi connectivity index (χ1) is 5.42. The SMILES string of the molecule is N#CCc1ccc2n1CCO2. The highest BCUT2D eigenvalue weighted by Gasteiger charge is 2.13. The van der Waals surface area contributed by atoms with Crippen LogP contribution >= 0.6 is 0 Å². The first-order valence-electron chi connectivity index (χ1n) is 3.60. The first kappa shape index (κ1) is 6.29. The number of ether oxygens (including phenoxy) is 1. The van der Waals surface area contributed by atoms with E-state index in [1.165, 1.54) is 0 Å². The quantitative estimate of drug-likeness (QED) is 0.594. The molecule has 56 valence electrons. The van der Waals surface area contributed by atoms with Crippen molar-refractivity contribution in [3.05, 3.63) is 17.8 Å². The predicted octanol–water partition coefficient (Wildman–Crippen LogP) is 0.947.